The number of hydrogen-bond acceptors (Lipinski definition) is 3. The van der Waals surface area contributed by atoms with Crippen molar-refractivity contribution in [2.24, 2.45) is 15.7 Å². The Labute approximate surface area is 181 Å². The highest BCUT2D eigenvalue weighted by atomic mass is 19.1. The Morgan fingerprint density at radius 2 is 1.74 bits per heavy atom. The lowest BCUT2D eigenvalue weighted by Gasteiger charge is -2.14. The fraction of sp³-hybridized carbons (Fsp3) is 0.261. The first-order chi connectivity index (χ1) is 14.8. The van der Waals surface area contributed by atoms with E-state index in [4.69, 9.17) is 10.3 Å². The van der Waals surface area contributed by atoms with Crippen LogP contribution in [0.3, 0.4) is 0 Å². The third-order valence-corrected chi connectivity index (χ3v) is 4.82. The first kappa shape index (κ1) is 22.0. The summed E-state index contributed by atoms with van der Waals surface area (Å²) >= 11 is 0. The molecule has 2 aromatic carbocycles. The molecular formula is C23H27FN6O. The van der Waals surface area contributed by atoms with Gasteiger partial charge in [-0.15, -0.1) is 0 Å². The van der Waals surface area contributed by atoms with Crippen molar-refractivity contribution in [3.05, 3.63) is 71.7 Å². The molecule has 0 saturated heterocycles. The van der Waals surface area contributed by atoms with Gasteiger partial charge in [0.25, 0.3) is 5.88 Å². The molecule has 0 amide bonds. The Hall–Kier alpha value is -3.68. The Balaban J connectivity index is 1.85. The van der Waals surface area contributed by atoms with E-state index in [1.54, 1.807) is 36.0 Å². The summed E-state index contributed by atoms with van der Waals surface area (Å²) in [5, 5.41) is 4.12. The first-order valence-electron chi connectivity index (χ1n) is 9.85. The smallest absolute Gasteiger partial charge is 0.253 e. The van der Waals surface area contributed by atoms with E-state index in [1.807, 2.05) is 57.4 Å². The molecule has 7 nitrogen and oxygen atoms in total. The molecule has 0 fully saturated rings. The second-order valence-electron chi connectivity index (χ2n) is 7.59. The SMILES string of the molecule is CC(c1ccc(-c2ccccc2)c(F)c1)c1cc(/N=C(\N=C(/N)N(C)C)N(C)C)on1. The average Bonchev–Trinajstić information content (AvgIpc) is 3.21. The summed E-state index contributed by atoms with van der Waals surface area (Å²) < 4.78 is 20.1. The third-order valence-electron chi connectivity index (χ3n) is 4.82. The number of benzene rings is 2. The minimum absolute atomic E-state index is 0.176. The van der Waals surface area contributed by atoms with Crippen LogP contribution < -0.4 is 5.73 Å². The number of nitrogens with two attached hydrogens (primary N) is 1. The van der Waals surface area contributed by atoms with E-state index < -0.39 is 0 Å². The minimum Gasteiger partial charge on any atom is -0.369 e. The minimum atomic E-state index is -0.277. The first-order valence-corrected chi connectivity index (χ1v) is 9.85. The van der Waals surface area contributed by atoms with Gasteiger partial charge in [-0.25, -0.2) is 4.39 Å². The zero-order valence-corrected chi connectivity index (χ0v) is 18.4. The molecule has 31 heavy (non-hydrogen) atoms. The molecular weight excluding hydrogens is 395 g/mol. The van der Waals surface area contributed by atoms with Crippen LogP contribution in [-0.4, -0.2) is 55.1 Å². The largest absolute Gasteiger partial charge is 0.369 e. The highest BCUT2D eigenvalue weighted by molar-refractivity contribution is 5.94. The summed E-state index contributed by atoms with van der Waals surface area (Å²) in [6.07, 6.45) is 0. The quantitative estimate of drug-likeness (QED) is 0.506. The van der Waals surface area contributed by atoms with Gasteiger partial charge in [0.2, 0.25) is 5.96 Å². The Morgan fingerprint density at radius 3 is 2.35 bits per heavy atom. The van der Waals surface area contributed by atoms with E-state index in [0.717, 1.165) is 11.1 Å². The molecule has 162 valence electrons. The summed E-state index contributed by atoms with van der Waals surface area (Å²) in [5.41, 5.74) is 8.74. The van der Waals surface area contributed by atoms with Crippen molar-refractivity contribution in [1.29, 1.82) is 0 Å². The number of hydrogen-bond donors (Lipinski definition) is 1. The second kappa shape index (κ2) is 9.42. The van der Waals surface area contributed by atoms with E-state index >= 15 is 0 Å². The van der Waals surface area contributed by atoms with Crippen LogP contribution in [0.4, 0.5) is 10.3 Å². The van der Waals surface area contributed by atoms with E-state index in [1.165, 1.54) is 6.07 Å². The van der Waals surface area contributed by atoms with Crippen LogP contribution in [0.2, 0.25) is 0 Å². The second-order valence-corrected chi connectivity index (χ2v) is 7.59. The van der Waals surface area contributed by atoms with E-state index in [0.29, 0.717) is 29.1 Å². The fourth-order valence-corrected chi connectivity index (χ4v) is 2.88. The van der Waals surface area contributed by atoms with E-state index in [2.05, 4.69) is 15.1 Å². The lowest BCUT2D eigenvalue weighted by Crippen LogP contribution is -2.33. The standard InChI is InChI=1S/C23H27FN6O/c1-15(17-11-12-18(19(24)13-17)16-9-7-6-8-10-16)20-14-21(31-28-20)26-23(30(4)5)27-22(25)29(2)3/h6-15H,1-5H3,(H2,25,26,27). The number of nitrogens with zero attached hydrogens (tertiary/aromatic N) is 5. The van der Waals surface area contributed by atoms with Gasteiger partial charge in [0, 0.05) is 45.7 Å². The number of halogens is 1. The van der Waals surface area contributed by atoms with Crippen molar-refractivity contribution in [2.75, 3.05) is 28.2 Å². The summed E-state index contributed by atoms with van der Waals surface area (Å²) in [4.78, 5) is 12.1. The van der Waals surface area contributed by atoms with Crippen molar-refractivity contribution >= 4 is 17.8 Å². The molecule has 1 unspecified atom stereocenters. The van der Waals surface area contributed by atoms with Gasteiger partial charge in [-0.3, -0.25) is 0 Å². The average molecular weight is 423 g/mol. The highest BCUT2D eigenvalue weighted by Crippen LogP contribution is 2.30. The van der Waals surface area contributed by atoms with Crippen LogP contribution in [0, 0.1) is 5.82 Å². The van der Waals surface area contributed by atoms with Crippen molar-refractivity contribution in [1.82, 2.24) is 15.0 Å². The molecule has 2 N–H and O–H groups in total. The molecule has 0 spiro atoms. The third kappa shape index (κ3) is 5.28. The maximum Gasteiger partial charge on any atom is 0.253 e. The van der Waals surface area contributed by atoms with Crippen LogP contribution in [0.15, 0.2) is 69.1 Å². The van der Waals surface area contributed by atoms with Crippen LogP contribution in [-0.2, 0) is 0 Å². The van der Waals surface area contributed by atoms with Gasteiger partial charge in [0.1, 0.15) is 5.82 Å². The highest BCUT2D eigenvalue weighted by Gasteiger charge is 2.17. The molecule has 0 aliphatic rings. The molecule has 1 heterocycles. The molecule has 0 aliphatic carbocycles. The topological polar surface area (TPSA) is 83.2 Å². The van der Waals surface area contributed by atoms with E-state index in [-0.39, 0.29) is 11.7 Å². The Morgan fingerprint density at radius 1 is 1.03 bits per heavy atom. The van der Waals surface area contributed by atoms with Crippen LogP contribution in [0.5, 0.6) is 0 Å². The lowest BCUT2D eigenvalue weighted by molar-refractivity contribution is 0.418. The fourth-order valence-electron chi connectivity index (χ4n) is 2.88. The monoisotopic (exact) mass is 422 g/mol. The molecule has 8 heteroatoms. The molecule has 0 radical (unpaired) electrons. The Kier molecular flexibility index (Phi) is 6.69. The van der Waals surface area contributed by atoms with Gasteiger partial charge >= 0.3 is 0 Å². The van der Waals surface area contributed by atoms with Crippen molar-refractivity contribution in [2.45, 2.75) is 12.8 Å². The molecule has 1 atom stereocenters. The van der Waals surface area contributed by atoms with Crippen molar-refractivity contribution in [3.8, 4) is 11.1 Å². The van der Waals surface area contributed by atoms with Gasteiger partial charge < -0.3 is 20.1 Å². The number of aromatic nitrogens is 1. The number of aliphatic imine (C=N–C) groups is 2. The van der Waals surface area contributed by atoms with Crippen molar-refractivity contribution < 1.29 is 8.91 Å². The Bertz CT molecular complexity index is 1090. The van der Waals surface area contributed by atoms with Gasteiger partial charge in [-0.1, -0.05) is 54.5 Å². The van der Waals surface area contributed by atoms with Gasteiger partial charge in [0.15, 0.2) is 5.96 Å². The zero-order valence-electron chi connectivity index (χ0n) is 18.4. The molecule has 1 aromatic heterocycles. The van der Waals surface area contributed by atoms with Gasteiger partial charge in [0.05, 0.1) is 5.69 Å². The number of guanidine groups is 2. The molecule has 3 rings (SSSR count). The predicted octanol–water partition coefficient (Wildman–Crippen LogP) is 4.06. The van der Waals surface area contributed by atoms with Crippen molar-refractivity contribution in [3.63, 3.8) is 0 Å². The van der Waals surface area contributed by atoms with E-state index in [9.17, 15) is 4.39 Å². The zero-order chi connectivity index (χ0) is 22.5. The van der Waals surface area contributed by atoms with Gasteiger partial charge in [-0.05, 0) is 17.2 Å². The van der Waals surface area contributed by atoms with Crippen LogP contribution in [0.1, 0.15) is 24.1 Å². The number of rotatable bonds is 4. The predicted molar refractivity (Wildman–Crippen MR) is 122 cm³/mol. The van der Waals surface area contributed by atoms with Crippen LogP contribution >= 0.6 is 0 Å². The van der Waals surface area contributed by atoms with Gasteiger partial charge in [-0.2, -0.15) is 9.98 Å². The maximum atomic E-state index is 14.8. The lowest BCUT2D eigenvalue weighted by atomic mass is 9.95. The molecule has 3 aromatic rings. The normalized spacial score (nSPS) is 13.2. The van der Waals surface area contributed by atoms with Crippen LogP contribution in [0.25, 0.3) is 11.1 Å². The summed E-state index contributed by atoms with van der Waals surface area (Å²) in [6.45, 7) is 1.94. The summed E-state index contributed by atoms with van der Waals surface area (Å²) in [6, 6.07) is 16.4. The summed E-state index contributed by atoms with van der Waals surface area (Å²) in [5.74, 6) is 0.530. The molecule has 0 aliphatic heterocycles. The molecule has 0 saturated carbocycles. The maximum absolute atomic E-state index is 14.8. The molecule has 0 bridgehead atoms. The summed E-state index contributed by atoms with van der Waals surface area (Å²) in [7, 11) is 7.20.